The second-order valence-electron chi connectivity index (χ2n) is 6.68. The van der Waals surface area contributed by atoms with Crippen molar-refractivity contribution < 1.29 is 17.9 Å². The SMILES string of the molecule is CC(C)(C)NS(=O)(=O)c1ccc(OCc2ccc(C(N)=O)cc2)cc1. The molecule has 0 spiro atoms. The Labute approximate surface area is 148 Å². The fourth-order valence-electron chi connectivity index (χ4n) is 2.11. The van der Waals surface area contributed by atoms with Gasteiger partial charge in [0.1, 0.15) is 12.4 Å². The van der Waals surface area contributed by atoms with Crippen molar-refractivity contribution in [3.8, 4) is 5.75 Å². The Hall–Kier alpha value is -2.38. The fourth-order valence-corrected chi connectivity index (χ4v) is 3.53. The van der Waals surface area contributed by atoms with Crippen LogP contribution in [0.15, 0.2) is 53.4 Å². The Morgan fingerprint density at radius 3 is 2.08 bits per heavy atom. The number of hydrogen-bond donors (Lipinski definition) is 2. The first-order valence-electron chi connectivity index (χ1n) is 7.72. The van der Waals surface area contributed by atoms with Gasteiger partial charge in [0.15, 0.2) is 0 Å². The number of primary amides is 1. The van der Waals surface area contributed by atoms with E-state index in [0.29, 0.717) is 17.9 Å². The van der Waals surface area contributed by atoms with E-state index in [1.807, 2.05) is 0 Å². The maximum absolute atomic E-state index is 12.2. The monoisotopic (exact) mass is 362 g/mol. The van der Waals surface area contributed by atoms with Crippen molar-refractivity contribution in [2.75, 3.05) is 0 Å². The number of ether oxygens (including phenoxy) is 1. The highest BCUT2D eigenvalue weighted by atomic mass is 32.2. The van der Waals surface area contributed by atoms with Gasteiger partial charge in [-0.1, -0.05) is 12.1 Å². The summed E-state index contributed by atoms with van der Waals surface area (Å²) in [6.07, 6.45) is 0. The summed E-state index contributed by atoms with van der Waals surface area (Å²) >= 11 is 0. The molecule has 2 aromatic carbocycles. The van der Waals surface area contributed by atoms with Crippen LogP contribution in [0.4, 0.5) is 0 Å². The standard InChI is InChI=1S/C18H22N2O4S/c1-18(2,3)20-25(22,23)16-10-8-15(9-11-16)24-12-13-4-6-14(7-5-13)17(19)21/h4-11,20H,12H2,1-3H3,(H2,19,21). The predicted octanol–water partition coefficient (Wildman–Crippen LogP) is 2.44. The third-order valence-corrected chi connectivity index (χ3v) is 4.99. The van der Waals surface area contributed by atoms with E-state index in [4.69, 9.17) is 10.5 Å². The highest BCUT2D eigenvalue weighted by molar-refractivity contribution is 7.89. The number of hydrogen-bond acceptors (Lipinski definition) is 4. The van der Waals surface area contributed by atoms with Gasteiger partial charge in [-0.05, 0) is 62.7 Å². The maximum atomic E-state index is 12.2. The molecule has 0 saturated carbocycles. The van der Waals surface area contributed by atoms with Crippen molar-refractivity contribution >= 4 is 15.9 Å². The van der Waals surface area contributed by atoms with Crippen LogP contribution in [0.1, 0.15) is 36.7 Å². The molecule has 0 aliphatic carbocycles. The lowest BCUT2D eigenvalue weighted by Crippen LogP contribution is -2.40. The Kier molecular flexibility index (Phi) is 5.49. The third kappa shape index (κ3) is 5.58. The number of sulfonamides is 1. The summed E-state index contributed by atoms with van der Waals surface area (Å²) in [6, 6.07) is 13.0. The second-order valence-corrected chi connectivity index (χ2v) is 8.36. The van der Waals surface area contributed by atoms with Crippen molar-refractivity contribution in [2.45, 2.75) is 37.8 Å². The number of nitrogens with one attached hydrogen (secondary N) is 1. The van der Waals surface area contributed by atoms with Gasteiger partial charge in [-0.2, -0.15) is 0 Å². The molecule has 0 radical (unpaired) electrons. The van der Waals surface area contributed by atoms with Gasteiger partial charge < -0.3 is 10.5 Å². The number of rotatable bonds is 6. The largest absolute Gasteiger partial charge is 0.489 e. The van der Waals surface area contributed by atoms with Crippen molar-refractivity contribution in [2.24, 2.45) is 5.73 Å². The predicted molar refractivity (Wildman–Crippen MR) is 95.8 cm³/mol. The minimum atomic E-state index is -3.56. The molecule has 0 fully saturated rings. The molecule has 3 N–H and O–H groups in total. The van der Waals surface area contributed by atoms with Gasteiger partial charge in [0.25, 0.3) is 0 Å². The first kappa shape index (κ1) is 19.0. The third-order valence-electron chi connectivity index (χ3n) is 3.22. The number of benzene rings is 2. The molecule has 0 atom stereocenters. The van der Waals surface area contributed by atoms with E-state index in [2.05, 4.69) is 4.72 Å². The Balaban J connectivity index is 2.02. The van der Waals surface area contributed by atoms with Gasteiger partial charge in [0.05, 0.1) is 4.90 Å². The van der Waals surface area contributed by atoms with Crippen molar-refractivity contribution in [1.82, 2.24) is 4.72 Å². The zero-order valence-corrected chi connectivity index (χ0v) is 15.3. The van der Waals surface area contributed by atoms with Gasteiger partial charge >= 0.3 is 0 Å². The molecule has 0 aliphatic rings. The first-order chi connectivity index (χ1) is 11.6. The summed E-state index contributed by atoms with van der Waals surface area (Å²) in [7, 11) is -3.56. The summed E-state index contributed by atoms with van der Waals surface area (Å²) in [5, 5.41) is 0. The summed E-state index contributed by atoms with van der Waals surface area (Å²) in [4.78, 5) is 11.2. The summed E-state index contributed by atoms with van der Waals surface area (Å²) in [5.41, 5.74) is 5.95. The average Bonchev–Trinajstić information content (AvgIpc) is 2.51. The summed E-state index contributed by atoms with van der Waals surface area (Å²) in [5.74, 6) is 0.0711. The molecule has 0 aromatic heterocycles. The van der Waals surface area contributed by atoms with E-state index < -0.39 is 21.5 Å². The van der Waals surface area contributed by atoms with Crippen LogP contribution in [-0.4, -0.2) is 19.9 Å². The Morgan fingerprint density at radius 2 is 1.60 bits per heavy atom. The molecule has 0 heterocycles. The number of carbonyl (C=O) groups is 1. The van der Waals surface area contributed by atoms with Gasteiger partial charge in [0.2, 0.25) is 15.9 Å². The molecule has 0 saturated heterocycles. The van der Waals surface area contributed by atoms with E-state index in [1.165, 1.54) is 12.1 Å². The molecule has 0 unspecified atom stereocenters. The highest BCUT2D eigenvalue weighted by Crippen LogP contribution is 2.18. The van der Waals surface area contributed by atoms with E-state index in [1.54, 1.807) is 57.2 Å². The molecular weight excluding hydrogens is 340 g/mol. The van der Waals surface area contributed by atoms with Gasteiger partial charge in [-0.15, -0.1) is 0 Å². The van der Waals surface area contributed by atoms with Crippen LogP contribution in [0.3, 0.4) is 0 Å². The Morgan fingerprint density at radius 1 is 1.04 bits per heavy atom. The normalized spacial score (nSPS) is 12.0. The number of nitrogens with two attached hydrogens (primary N) is 1. The molecule has 0 bridgehead atoms. The molecule has 7 heteroatoms. The highest BCUT2D eigenvalue weighted by Gasteiger charge is 2.21. The van der Waals surface area contributed by atoms with E-state index in [-0.39, 0.29) is 4.90 Å². The zero-order valence-electron chi connectivity index (χ0n) is 14.4. The zero-order chi connectivity index (χ0) is 18.7. The molecule has 1 amide bonds. The molecule has 0 aliphatic heterocycles. The number of amides is 1. The van der Waals surface area contributed by atoms with Crippen LogP contribution in [0.2, 0.25) is 0 Å². The van der Waals surface area contributed by atoms with E-state index in [0.717, 1.165) is 5.56 Å². The molecular formula is C18H22N2O4S. The van der Waals surface area contributed by atoms with Gasteiger partial charge in [-0.25, -0.2) is 13.1 Å². The van der Waals surface area contributed by atoms with Crippen LogP contribution >= 0.6 is 0 Å². The Bertz CT molecular complexity index is 836. The summed E-state index contributed by atoms with van der Waals surface area (Å²) < 4.78 is 32.7. The lowest BCUT2D eigenvalue weighted by atomic mass is 10.1. The van der Waals surface area contributed by atoms with Gasteiger partial charge in [0, 0.05) is 11.1 Å². The smallest absolute Gasteiger partial charge is 0.248 e. The van der Waals surface area contributed by atoms with E-state index >= 15 is 0 Å². The summed E-state index contributed by atoms with van der Waals surface area (Å²) in [6.45, 7) is 5.65. The molecule has 2 rings (SSSR count). The van der Waals surface area contributed by atoms with Crippen LogP contribution in [0, 0.1) is 0 Å². The minimum Gasteiger partial charge on any atom is -0.489 e. The van der Waals surface area contributed by atoms with Crippen molar-refractivity contribution in [3.05, 3.63) is 59.7 Å². The minimum absolute atomic E-state index is 0.181. The fraction of sp³-hybridized carbons (Fsp3) is 0.278. The first-order valence-corrected chi connectivity index (χ1v) is 9.21. The quantitative estimate of drug-likeness (QED) is 0.824. The van der Waals surface area contributed by atoms with E-state index in [9.17, 15) is 13.2 Å². The van der Waals surface area contributed by atoms with Crippen molar-refractivity contribution in [3.63, 3.8) is 0 Å². The molecule has 2 aromatic rings. The maximum Gasteiger partial charge on any atom is 0.248 e. The van der Waals surface area contributed by atoms with Crippen LogP contribution in [0.25, 0.3) is 0 Å². The molecule has 6 nitrogen and oxygen atoms in total. The lowest BCUT2D eigenvalue weighted by molar-refractivity contribution is 0.1000. The second kappa shape index (κ2) is 7.25. The van der Waals surface area contributed by atoms with Crippen LogP contribution < -0.4 is 15.2 Å². The molecule has 25 heavy (non-hydrogen) atoms. The topological polar surface area (TPSA) is 98.5 Å². The molecule has 134 valence electrons. The average molecular weight is 362 g/mol. The van der Waals surface area contributed by atoms with Crippen LogP contribution in [0.5, 0.6) is 5.75 Å². The van der Waals surface area contributed by atoms with Crippen molar-refractivity contribution in [1.29, 1.82) is 0 Å². The van der Waals surface area contributed by atoms with Gasteiger partial charge in [-0.3, -0.25) is 4.79 Å². The number of carbonyl (C=O) groups excluding carboxylic acids is 1. The van der Waals surface area contributed by atoms with Crippen LogP contribution in [-0.2, 0) is 16.6 Å². The lowest BCUT2D eigenvalue weighted by Gasteiger charge is -2.20.